The van der Waals surface area contributed by atoms with E-state index in [9.17, 15) is 4.79 Å². The zero-order valence-corrected chi connectivity index (χ0v) is 13.2. The van der Waals surface area contributed by atoms with Gasteiger partial charge in [0.1, 0.15) is 0 Å². The number of aliphatic carboxylic acids is 1. The van der Waals surface area contributed by atoms with Gasteiger partial charge in [-0.3, -0.25) is 4.79 Å². The van der Waals surface area contributed by atoms with Crippen LogP contribution in [0.2, 0.25) is 0 Å². The minimum atomic E-state index is -0.815. The highest BCUT2D eigenvalue weighted by molar-refractivity contribution is 7.99. The van der Waals surface area contributed by atoms with E-state index >= 15 is 0 Å². The maximum atomic E-state index is 10.8. The van der Waals surface area contributed by atoms with E-state index in [0.29, 0.717) is 12.1 Å². The first-order valence-electron chi connectivity index (χ1n) is 6.78. The number of imidazole rings is 1. The lowest BCUT2D eigenvalue weighted by Crippen LogP contribution is -2.35. The number of carbonyl (C=O) groups is 1. The summed E-state index contributed by atoms with van der Waals surface area (Å²) in [6, 6.07) is 0.368. The van der Waals surface area contributed by atoms with Crippen LogP contribution in [0, 0.1) is 0 Å². The molecule has 0 saturated heterocycles. The molecule has 2 rings (SSSR count). The molecule has 0 unspecified atom stereocenters. The Morgan fingerprint density at radius 1 is 1.55 bits per heavy atom. The Balaban J connectivity index is 2.24. The van der Waals surface area contributed by atoms with Crippen LogP contribution in [0.1, 0.15) is 45.3 Å². The van der Waals surface area contributed by atoms with Crippen molar-refractivity contribution in [3.63, 3.8) is 0 Å². The molecule has 0 aromatic carbocycles. The third kappa shape index (κ3) is 3.17. The van der Waals surface area contributed by atoms with Gasteiger partial charge in [-0.05, 0) is 12.8 Å². The van der Waals surface area contributed by atoms with Gasteiger partial charge in [-0.2, -0.15) is 0 Å². The molecule has 0 bridgehead atoms. The largest absolute Gasteiger partial charge is 0.481 e. The summed E-state index contributed by atoms with van der Waals surface area (Å²) >= 11 is 1.29. The molecule has 0 atom stereocenters. The topological polar surface area (TPSA) is 64.4 Å². The summed E-state index contributed by atoms with van der Waals surface area (Å²) in [7, 11) is 1.74. The van der Waals surface area contributed by atoms with E-state index in [1.807, 2.05) is 6.20 Å². The molecule has 1 aliphatic carbocycles. The van der Waals surface area contributed by atoms with E-state index < -0.39 is 5.97 Å². The molecule has 0 radical (unpaired) electrons. The number of methoxy groups -OCH3 is 1. The van der Waals surface area contributed by atoms with Crippen molar-refractivity contribution in [2.45, 2.75) is 56.3 Å². The van der Waals surface area contributed by atoms with Crippen LogP contribution in [0.5, 0.6) is 0 Å². The molecule has 20 heavy (non-hydrogen) atoms. The normalized spacial score (nSPS) is 22.6. The number of hydrogen-bond donors (Lipinski definition) is 1. The fourth-order valence-electron chi connectivity index (χ4n) is 2.43. The van der Waals surface area contributed by atoms with Gasteiger partial charge < -0.3 is 14.4 Å². The maximum absolute atomic E-state index is 10.8. The Bertz CT molecular complexity index is 487. The standard InChI is InChI=1S/C14H22N2O3S/c1-14(2,3)11-7-15-13(20-8-12(17)18)16(11)9-5-10(6-9)19-4/h7,9-10H,5-6,8H2,1-4H3,(H,17,18). The van der Waals surface area contributed by atoms with Crippen molar-refractivity contribution in [1.29, 1.82) is 0 Å². The SMILES string of the molecule is COC1CC(n2c(C(C)(C)C)cnc2SCC(=O)O)C1. The fraction of sp³-hybridized carbons (Fsp3) is 0.714. The molecule has 1 aromatic rings. The van der Waals surface area contributed by atoms with Gasteiger partial charge in [0.2, 0.25) is 0 Å². The van der Waals surface area contributed by atoms with Gasteiger partial charge in [-0.25, -0.2) is 4.98 Å². The highest BCUT2D eigenvalue weighted by atomic mass is 32.2. The van der Waals surface area contributed by atoms with Crippen LogP contribution < -0.4 is 0 Å². The van der Waals surface area contributed by atoms with Crippen LogP contribution in [0.3, 0.4) is 0 Å². The number of aromatic nitrogens is 2. The molecular weight excluding hydrogens is 276 g/mol. The number of thioether (sulfide) groups is 1. The van der Waals surface area contributed by atoms with E-state index in [2.05, 4.69) is 30.3 Å². The average Bonchev–Trinajstić information content (AvgIpc) is 2.68. The molecule has 112 valence electrons. The van der Waals surface area contributed by atoms with Gasteiger partial charge in [0.05, 0.1) is 11.9 Å². The van der Waals surface area contributed by atoms with Crippen molar-refractivity contribution >= 4 is 17.7 Å². The molecular formula is C14H22N2O3S. The molecule has 0 aliphatic heterocycles. The Hall–Kier alpha value is -1.01. The lowest BCUT2D eigenvalue weighted by atomic mass is 9.86. The van der Waals surface area contributed by atoms with Crippen LogP contribution in [0.25, 0.3) is 0 Å². The van der Waals surface area contributed by atoms with Crippen LogP contribution in [0.15, 0.2) is 11.4 Å². The first kappa shape index (κ1) is 15.4. The second kappa shape index (κ2) is 5.77. The quantitative estimate of drug-likeness (QED) is 0.847. The first-order chi connectivity index (χ1) is 9.32. The molecule has 6 heteroatoms. The van der Waals surface area contributed by atoms with Crippen molar-refractivity contribution in [3.05, 3.63) is 11.9 Å². The second-order valence-electron chi connectivity index (χ2n) is 6.21. The summed E-state index contributed by atoms with van der Waals surface area (Å²) < 4.78 is 7.55. The highest BCUT2D eigenvalue weighted by Gasteiger charge is 2.35. The predicted octanol–water partition coefficient (Wildman–Crippen LogP) is 2.71. The Morgan fingerprint density at radius 3 is 2.70 bits per heavy atom. The Labute approximate surface area is 123 Å². The number of nitrogens with zero attached hydrogens (tertiary/aromatic N) is 2. The Kier molecular flexibility index (Phi) is 4.44. The fourth-order valence-corrected chi connectivity index (χ4v) is 3.19. The zero-order chi connectivity index (χ0) is 14.9. The summed E-state index contributed by atoms with van der Waals surface area (Å²) in [5, 5.41) is 9.65. The average molecular weight is 298 g/mol. The number of carboxylic acids is 1. The van der Waals surface area contributed by atoms with Crippen LogP contribution >= 0.6 is 11.8 Å². The van der Waals surface area contributed by atoms with E-state index in [1.54, 1.807) is 7.11 Å². The second-order valence-corrected chi connectivity index (χ2v) is 7.15. The van der Waals surface area contributed by atoms with Crippen LogP contribution in [-0.4, -0.2) is 39.6 Å². The third-order valence-corrected chi connectivity index (χ3v) is 4.58. The summed E-state index contributed by atoms with van der Waals surface area (Å²) in [6.45, 7) is 6.45. The number of carboxylic acid groups (broad SMARTS) is 1. The van der Waals surface area contributed by atoms with Crippen molar-refractivity contribution in [2.24, 2.45) is 0 Å². The van der Waals surface area contributed by atoms with Crippen molar-refractivity contribution in [1.82, 2.24) is 9.55 Å². The Morgan fingerprint density at radius 2 is 2.20 bits per heavy atom. The molecule has 5 nitrogen and oxygen atoms in total. The molecule has 1 saturated carbocycles. The maximum Gasteiger partial charge on any atom is 0.313 e. The minimum absolute atomic E-state index is 0.00675. The van der Waals surface area contributed by atoms with Gasteiger partial charge >= 0.3 is 5.97 Å². The minimum Gasteiger partial charge on any atom is -0.481 e. The van der Waals surface area contributed by atoms with Gasteiger partial charge in [0, 0.05) is 30.5 Å². The summed E-state index contributed by atoms with van der Waals surface area (Å²) in [6.07, 6.45) is 4.13. The molecule has 0 spiro atoms. The van der Waals surface area contributed by atoms with E-state index in [4.69, 9.17) is 9.84 Å². The molecule has 1 aliphatic rings. The number of rotatable bonds is 5. The molecule has 1 heterocycles. The van der Waals surface area contributed by atoms with Crippen molar-refractivity contribution in [3.8, 4) is 0 Å². The van der Waals surface area contributed by atoms with E-state index in [1.165, 1.54) is 11.8 Å². The summed E-state index contributed by atoms with van der Waals surface area (Å²) in [4.78, 5) is 15.2. The summed E-state index contributed by atoms with van der Waals surface area (Å²) in [5.74, 6) is -0.772. The highest BCUT2D eigenvalue weighted by Crippen LogP contribution is 2.40. The number of ether oxygens (including phenoxy) is 1. The van der Waals surface area contributed by atoms with E-state index in [-0.39, 0.29) is 11.2 Å². The van der Waals surface area contributed by atoms with Gasteiger partial charge in [-0.15, -0.1) is 0 Å². The third-order valence-electron chi connectivity index (χ3n) is 3.62. The number of hydrogen-bond acceptors (Lipinski definition) is 4. The lowest BCUT2D eigenvalue weighted by Gasteiger charge is -2.38. The van der Waals surface area contributed by atoms with Gasteiger partial charge in [0.15, 0.2) is 5.16 Å². The molecule has 1 aromatic heterocycles. The van der Waals surface area contributed by atoms with Crippen LogP contribution in [0.4, 0.5) is 0 Å². The predicted molar refractivity (Wildman–Crippen MR) is 78.4 cm³/mol. The first-order valence-corrected chi connectivity index (χ1v) is 7.76. The molecule has 0 amide bonds. The summed E-state index contributed by atoms with van der Waals surface area (Å²) in [5.41, 5.74) is 1.15. The van der Waals surface area contributed by atoms with E-state index in [0.717, 1.165) is 23.7 Å². The van der Waals surface area contributed by atoms with Crippen LogP contribution in [-0.2, 0) is 14.9 Å². The lowest BCUT2D eigenvalue weighted by molar-refractivity contribution is -0.133. The zero-order valence-electron chi connectivity index (χ0n) is 12.4. The molecule has 1 fully saturated rings. The van der Waals surface area contributed by atoms with Gasteiger partial charge in [-0.1, -0.05) is 32.5 Å². The van der Waals surface area contributed by atoms with Crippen molar-refractivity contribution in [2.75, 3.05) is 12.9 Å². The smallest absolute Gasteiger partial charge is 0.313 e. The van der Waals surface area contributed by atoms with Crippen molar-refractivity contribution < 1.29 is 14.6 Å². The monoisotopic (exact) mass is 298 g/mol. The molecule has 1 N–H and O–H groups in total. The van der Waals surface area contributed by atoms with Gasteiger partial charge in [0.25, 0.3) is 0 Å².